The van der Waals surface area contributed by atoms with E-state index in [1.165, 1.54) is 18.4 Å². The molecule has 1 N–H and O–H groups in total. The molecule has 0 amide bonds. The third-order valence-electron chi connectivity index (χ3n) is 2.41. The van der Waals surface area contributed by atoms with Crippen LogP contribution in [0.25, 0.3) is 0 Å². The summed E-state index contributed by atoms with van der Waals surface area (Å²) in [7, 11) is 0. The summed E-state index contributed by atoms with van der Waals surface area (Å²) in [5, 5.41) is 4.24. The zero-order valence-electron chi connectivity index (χ0n) is 7.19. The highest BCUT2D eigenvalue weighted by Gasteiger charge is 2.16. The fourth-order valence-corrected chi connectivity index (χ4v) is 2.13. The molecule has 13 heavy (non-hydrogen) atoms. The first-order valence-electron chi connectivity index (χ1n) is 4.46. The van der Waals surface area contributed by atoms with Crippen molar-refractivity contribution in [1.29, 1.82) is 0 Å². The van der Waals surface area contributed by atoms with Crippen LogP contribution in [-0.2, 0) is 0 Å². The Bertz CT molecular complexity index is 308. The molecule has 1 aromatic rings. The minimum atomic E-state index is 0.505. The molecule has 3 heteroatoms. The lowest BCUT2D eigenvalue weighted by atomic mass is 10.1. The first-order chi connectivity index (χ1) is 6.27. The molecule has 0 aliphatic carbocycles. The van der Waals surface area contributed by atoms with Crippen LogP contribution in [0.2, 0.25) is 5.02 Å². The van der Waals surface area contributed by atoms with E-state index in [0.717, 1.165) is 16.0 Å². The molecule has 0 saturated carbocycles. The molecule has 0 unspecified atom stereocenters. The number of hydrogen-bond acceptors (Lipinski definition) is 1. The lowest BCUT2D eigenvalue weighted by Crippen LogP contribution is -2.12. The van der Waals surface area contributed by atoms with E-state index >= 15 is 0 Å². The van der Waals surface area contributed by atoms with Crippen molar-refractivity contribution >= 4 is 27.5 Å². The van der Waals surface area contributed by atoms with Crippen LogP contribution in [0, 0.1) is 0 Å². The number of rotatable bonds is 1. The average molecular weight is 261 g/mol. The molecule has 70 valence electrons. The molecule has 1 saturated heterocycles. The largest absolute Gasteiger partial charge is 0.310 e. The topological polar surface area (TPSA) is 12.0 Å². The summed E-state index contributed by atoms with van der Waals surface area (Å²) in [5.74, 6) is 0. The van der Waals surface area contributed by atoms with Gasteiger partial charge >= 0.3 is 0 Å². The molecule has 1 aliphatic rings. The van der Waals surface area contributed by atoms with Gasteiger partial charge in [0.25, 0.3) is 0 Å². The van der Waals surface area contributed by atoms with E-state index in [1.807, 2.05) is 12.1 Å². The van der Waals surface area contributed by atoms with Gasteiger partial charge < -0.3 is 5.32 Å². The van der Waals surface area contributed by atoms with Crippen molar-refractivity contribution in [2.24, 2.45) is 0 Å². The third-order valence-corrected chi connectivity index (χ3v) is 3.64. The van der Waals surface area contributed by atoms with Crippen molar-refractivity contribution < 1.29 is 0 Å². The molecule has 0 radical (unpaired) electrons. The maximum absolute atomic E-state index is 6.02. The molecule has 0 spiro atoms. The predicted octanol–water partition coefficient (Wildman–Crippen LogP) is 3.53. The first kappa shape index (κ1) is 9.50. The van der Waals surface area contributed by atoms with Crippen molar-refractivity contribution in [1.82, 2.24) is 5.32 Å². The molecular formula is C10H11BrClN. The summed E-state index contributed by atoms with van der Waals surface area (Å²) in [6.07, 6.45) is 2.48. The Kier molecular flexibility index (Phi) is 2.92. The smallest absolute Gasteiger partial charge is 0.0551 e. The monoisotopic (exact) mass is 259 g/mol. The number of halogens is 2. The van der Waals surface area contributed by atoms with Gasteiger partial charge in [-0.05, 0) is 53.0 Å². The molecule has 1 aliphatic heterocycles. The van der Waals surface area contributed by atoms with Crippen LogP contribution in [0.3, 0.4) is 0 Å². The molecule has 1 nitrogen and oxygen atoms in total. The normalized spacial score (nSPS) is 22.2. The highest BCUT2D eigenvalue weighted by Crippen LogP contribution is 2.29. The van der Waals surface area contributed by atoms with E-state index in [4.69, 9.17) is 11.6 Å². The lowest BCUT2D eigenvalue weighted by Gasteiger charge is -2.10. The lowest BCUT2D eigenvalue weighted by molar-refractivity contribution is 0.648. The van der Waals surface area contributed by atoms with E-state index in [9.17, 15) is 0 Å². The Balaban J connectivity index is 2.25. The zero-order valence-corrected chi connectivity index (χ0v) is 9.53. The van der Waals surface area contributed by atoms with Gasteiger partial charge in [-0.25, -0.2) is 0 Å². The Hall–Kier alpha value is -0.0500. The minimum Gasteiger partial charge on any atom is -0.310 e. The quantitative estimate of drug-likeness (QED) is 0.814. The Morgan fingerprint density at radius 1 is 1.46 bits per heavy atom. The van der Waals surface area contributed by atoms with E-state index in [2.05, 4.69) is 27.3 Å². The average Bonchev–Trinajstić information content (AvgIpc) is 2.62. The second-order valence-electron chi connectivity index (χ2n) is 3.32. The van der Waals surface area contributed by atoms with Crippen molar-refractivity contribution in [2.75, 3.05) is 6.54 Å². The van der Waals surface area contributed by atoms with E-state index in [-0.39, 0.29) is 0 Å². The first-order valence-corrected chi connectivity index (χ1v) is 5.63. The molecule has 0 bridgehead atoms. The summed E-state index contributed by atoms with van der Waals surface area (Å²) >= 11 is 9.40. The number of benzene rings is 1. The van der Waals surface area contributed by atoms with E-state index in [0.29, 0.717) is 6.04 Å². The van der Waals surface area contributed by atoms with Gasteiger partial charge in [0.15, 0.2) is 0 Å². The SMILES string of the molecule is Clc1cc([C@@H]2CCCN2)ccc1Br. The van der Waals surface area contributed by atoms with Gasteiger partial charge in [-0.2, -0.15) is 0 Å². The van der Waals surface area contributed by atoms with Crippen LogP contribution in [0.15, 0.2) is 22.7 Å². The maximum atomic E-state index is 6.02. The van der Waals surface area contributed by atoms with E-state index in [1.54, 1.807) is 0 Å². The van der Waals surface area contributed by atoms with Crippen molar-refractivity contribution in [3.63, 3.8) is 0 Å². The highest BCUT2D eigenvalue weighted by molar-refractivity contribution is 9.10. The predicted molar refractivity (Wildman–Crippen MR) is 59.1 cm³/mol. The fourth-order valence-electron chi connectivity index (χ4n) is 1.70. The molecule has 1 aromatic carbocycles. The molecule has 1 fully saturated rings. The van der Waals surface area contributed by atoms with Crippen molar-refractivity contribution in [3.05, 3.63) is 33.3 Å². The molecule has 1 heterocycles. The van der Waals surface area contributed by atoms with Crippen molar-refractivity contribution in [3.8, 4) is 0 Å². The second kappa shape index (κ2) is 3.99. The highest BCUT2D eigenvalue weighted by atomic mass is 79.9. The number of hydrogen-bond donors (Lipinski definition) is 1. The zero-order chi connectivity index (χ0) is 9.26. The Labute approximate surface area is 91.6 Å². The third kappa shape index (κ3) is 2.06. The van der Waals surface area contributed by atoms with Gasteiger partial charge in [-0.3, -0.25) is 0 Å². The standard InChI is InChI=1S/C10H11BrClN/c11-8-4-3-7(6-9(8)12)10-2-1-5-13-10/h3-4,6,10,13H,1-2,5H2/t10-/m0/s1. The molecular weight excluding hydrogens is 249 g/mol. The van der Waals surface area contributed by atoms with Crippen LogP contribution >= 0.6 is 27.5 Å². The fraction of sp³-hybridized carbons (Fsp3) is 0.400. The van der Waals surface area contributed by atoms with Crippen LogP contribution in [0.5, 0.6) is 0 Å². The van der Waals surface area contributed by atoms with E-state index < -0.39 is 0 Å². The summed E-state index contributed by atoms with van der Waals surface area (Å²) in [5.41, 5.74) is 1.30. The Morgan fingerprint density at radius 2 is 2.31 bits per heavy atom. The summed E-state index contributed by atoms with van der Waals surface area (Å²) < 4.78 is 0.968. The molecule has 0 aromatic heterocycles. The van der Waals surface area contributed by atoms with Crippen LogP contribution < -0.4 is 5.32 Å². The van der Waals surface area contributed by atoms with Gasteiger partial charge in [0, 0.05) is 10.5 Å². The van der Waals surface area contributed by atoms with Crippen molar-refractivity contribution in [2.45, 2.75) is 18.9 Å². The summed E-state index contributed by atoms with van der Waals surface area (Å²) in [4.78, 5) is 0. The summed E-state index contributed by atoms with van der Waals surface area (Å²) in [6, 6.07) is 6.68. The molecule has 2 rings (SSSR count). The molecule has 1 atom stereocenters. The maximum Gasteiger partial charge on any atom is 0.0551 e. The number of nitrogens with one attached hydrogen (secondary N) is 1. The van der Waals surface area contributed by atoms with Gasteiger partial charge in [0.05, 0.1) is 5.02 Å². The van der Waals surface area contributed by atoms with Gasteiger partial charge in [-0.1, -0.05) is 17.7 Å². The van der Waals surface area contributed by atoms with Gasteiger partial charge in [0.1, 0.15) is 0 Å². The van der Waals surface area contributed by atoms with Crippen LogP contribution in [0.1, 0.15) is 24.4 Å². The minimum absolute atomic E-state index is 0.505. The van der Waals surface area contributed by atoms with Crippen LogP contribution in [0.4, 0.5) is 0 Å². The van der Waals surface area contributed by atoms with Gasteiger partial charge in [0.2, 0.25) is 0 Å². The Morgan fingerprint density at radius 3 is 2.92 bits per heavy atom. The van der Waals surface area contributed by atoms with Gasteiger partial charge in [-0.15, -0.1) is 0 Å². The summed E-state index contributed by atoms with van der Waals surface area (Å²) in [6.45, 7) is 1.12. The second-order valence-corrected chi connectivity index (χ2v) is 4.58. The van der Waals surface area contributed by atoms with Crippen LogP contribution in [-0.4, -0.2) is 6.54 Å².